The third-order valence-electron chi connectivity index (χ3n) is 2.37. The minimum Gasteiger partial charge on any atom is -0.490 e. The van der Waals surface area contributed by atoms with E-state index in [9.17, 15) is 10.1 Å². The van der Waals surface area contributed by atoms with Crippen LogP contribution in [0.1, 0.15) is 30.9 Å². The molecule has 1 rings (SSSR count). The van der Waals surface area contributed by atoms with Crippen LogP contribution in [0.15, 0.2) is 12.1 Å². The highest BCUT2D eigenvalue weighted by atomic mass is 16.6. The molecule has 1 aromatic rings. The smallest absolute Gasteiger partial charge is 0.314 e. The van der Waals surface area contributed by atoms with Crippen molar-refractivity contribution in [1.82, 2.24) is 0 Å². The second-order valence-electron chi connectivity index (χ2n) is 3.77. The van der Waals surface area contributed by atoms with E-state index in [4.69, 9.17) is 4.74 Å². The summed E-state index contributed by atoms with van der Waals surface area (Å²) in [6.07, 6.45) is 0. The third kappa shape index (κ3) is 2.09. The lowest BCUT2D eigenvalue weighted by molar-refractivity contribution is -0.386. The molecule has 4 heteroatoms. The Morgan fingerprint density at radius 3 is 2.40 bits per heavy atom. The summed E-state index contributed by atoms with van der Waals surface area (Å²) in [5, 5.41) is 11.0. The van der Waals surface area contributed by atoms with Crippen LogP contribution in [0.5, 0.6) is 5.75 Å². The summed E-state index contributed by atoms with van der Waals surface area (Å²) in [6, 6.07) is 3.64. The largest absolute Gasteiger partial charge is 0.490 e. The highest BCUT2D eigenvalue weighted by Crippen LogP contribution is 2.37. The van der Waals surface area contributed by atoms with Crippen LogP contribution in [0.3, 0.4) is 0 Å². The summed E-state index contributed by atoms with van der Waals surface area (Å²) >= 11 is 0. The average molecular weight is 209 g/mol. The van der Waals surface area contributed by atoms with Crippen molar-refractivity contribution in [3.05, 3.63) is 33.4 Å². The van der Waals surface area contributed by atoms with Gasteiger partial charge in [-0.2, -0.15) is 0 Å². The van der Waals surface area contributed by atoms with Crippen molar-refractivity contribution in [2.24, 2.45) is 0 Å². The van der Waals surface area contributed by atoms with Crippen molar-refractivity contribution >= 4 is 5.69 Å². The van der Waals surface area contributed by atoms with Gasteiger partial charge in [0.25, 0.3) is 0 Å². The maximum absolute atomic E-state index is 11.0. The van der Waals surface area contributed by atoms with Crippen LogP contribution in [-0.4, -0.2) is 12.0 Å². The van der Waals surface area contributed by atoms with Gasteiger partial charge in [-0.3, -0.25) is 10.1 Å². The first-order valence-corrected chi connectivity index (χ1v) is 4.81. The fraction of sp³-hybridized carbons (Fsp3) is 0.455. The topological polar surface area (TPSA) is 52.4 Å². The highest BCUT2D eigenvalue weighted by molar-refractivity contribution is 5.57. The van der Waals surface area contributed by atoms with Crippen LogP contribution in [0.4, 0.5) is 5.69 Å². The molecule has 0 saturated heterocycles. The molecular formula is C11H15NO3. The summed E-state index contributed by atoms with van der Waals surface area (Å²) in [6.45, 7) is 5.66. The zero-order valence-electron chi connectivity index (χ0n) is 9.40. The average Bonchev–Trinajstić information content (AvgIpc) is 2.16. The lowest BCUT2D eigenvalue weighted by Crippen LogP contribution is -2.01. The summed E-state index contributed by atoms with van der Waals surface area (Å²) in [4.78, 5) is 10.6. The van der Waals surface area contributed by atoms with Crippen molar-refractivity contribution in [1.29, 1.82) is 0 Å². The molecule has 0 amide bonds. The molecule has 0 atom stereocenters. The molecule has 4 nitrogen and oxygen atoms in total. The Kier molecular flexibility index (Phi) is 3.29. The lowest BCUT2D eigenvalue weighted by atomic mass is 9.99. The van der Waals surface area contributed by atoms with Gasteiger partial charge in [0, 0.05) is 5.56 Å². The number of hydrogen-bond donors (Lipinski definition) is 0. The number of benzene rings is 1. The zero-order chi connectivity index (χ0) is 11.6. The van der Waals surface area contributed by atoms with Crippen molar-refractivity contribution in [2.75, 3.05) is 7.11 Å². The molecule has 0 aromatic heterocycles. The van der Waals surface area contributed by atoms with E-state index in [1.165, 1.54) is 7.11 Å². The number of nitro benzene ring substituents is 1. The van der Waals surface area contributed by atoms with Gasteiger partial charge in [0.1, 0.15) is 0 Å². The molecule has 0 aliphatic heterocycles. The summed E-state index contributed by atoms with van der Waals surface area (Å²) in [5.74, 6) is 0.478. The van der Waals surface area contributed by atoms with Gasteiger partial charge in [-0.25, -0.2) is 0 Å². The summed E-state index contributed by atoms with van der Waals surface area (Å²) in [7, 11) is 1.46. The van der Waals surface area contributed by atoms with E-state index in [1.54, 1.807) is 13.0 Å². The van der Waals surface area contributed by atoms with E-state index >= 15 is 0 Å². The van der Waals surface area contributed by atoms with Crippen molar-refractivity contribution in [2.45, 2.75) is 26.7 Å². The van der Waals surface area contributed by atoms with Crippen molar-refractivity contribution in [3.8, 4) is 5.75 Å². The van der Waals surface area contributed by atoms with Crippen LogP contribution in [0.25, 0.3) is 0 Å². The molecule has 0 saturated carbocycles. The van der Waals surface area contributed by atoms with Gasteiger partial charge in [-0.05, 0) is 18.4 Å². The van der Waals surface area contributed by atoms with Gasteiger partial charge >= 0.3 is 5.69 Å². The fourth-order valence-corrected chi connectivity index (χ4v) is 1.60. The van der Waals surface area contributed by atoms with Gasteiger partial charge in [0.15, 0.2) is 5.75 Å². The van der Waals surface area contributed by atoms with Crippen LogP contribution in [0, 0.1) is 17.0 Å². The molecule has 0 aliphatic rings. The first-order valence-electron chi connectivity index (χ1n) is 4.81. The number of nitrogens with zero attached hydrogens (tertiary/aromatic N) is 1. The van der Waals surface area contributed by atoms with Gasteiger partial charge in [-0.15, -0.1) is 0 Å². The van der Waals surface area contributed by atoms with E-state index in [1.807, 2.05) is 19.9 Å². The minimum absolute atomic E-state index is 0.0903. The quantitative estimate of drug-likeness (QED) is 0.568. The zero-order valence-corrected chi connectivity index (χ0v) is 9.40. The van der Waals surface area contributed by atoms with Gasteiger partial charge < -0.3 is 4.74 Å². The van der Waals surface area contributed by atoms with E-state index in [0.29, 0.717) is 11.3 Å². The maximum atomic E-state index is 11.0. The van der Waals surface area contributed by atoms with Crippen molar-refractivity contribution < 1.29 is 9.66 Å². The summed E-state index contributed by atoms with van der Waals surface area (Å²) < 4.78 is 5.09. The van der Waals surface area contributed by atoms with E-state index < -0.39 is 0 Å². The Hall–Kier alpha value is -1.58. The molecule has 15 heavy (non-hydrogen) atoms. The molecule has 0 spiro atoms. The standard InChI is InChI=1S/C11H15NO3/c1-7(2)9-6-5-8(3)11(15-4)10(9)12(13)14/h5-7H,1-4H3. The van der Waals surface area contributed by atoms with Crippen LogP contribution < -0.4 is 4.74 Å². The lowest BCUT2D eigenvalue weighted by Gasteiger charge is -2.11. The minimum atomic E-state index is -0.374. The van der Waals surface area contributed by atoms with Gasteiger partial charge in [0.2, 0.25) is 0 Å². The first-order chi connectivity index (χ1) is 6.99. The second-order valence-corrected chi connectivity index (χ2v) is 3.77. The highest BCUT2D eigenvalue weighted by Gasteiger charge is 2.23. The number of hydrogen-bond acceptors (Lipinski definition) is 3. The Morgan fingerprint density at radius 1 is 1.40 bits per heavy atom. The molecule has 1 aromatic carbocycles. The number of nitro groups is 1. The predicted octanol–water partition coefficient (Wildman–Crippen LogP) is 3.04. The first kappa shape index (κ1) is 11.5. The molecule has 0 aliphatic carbocycles. The molecule has 0 bridgehead atoms. The molecule has 0 N–H and O–H groups in total. The molecular weight excluding hydrogens is 194 g/mol. The van der Waals surface area contributed by atoms with Crippen LogP contribution in [0.2, 0.25) is 0 Å². The molecule has 0 unspecified atom stereocenters. The predicted molar refractivity (Wildman–Crippen MR) is 58.5 cm³/mol. The Labute approximate surface area is 89.0 Å². The van der Waals surface area contributed by atoms with Crippen LogP contribution >= 0.6 is 0 Å². The molecule has 0 fully saturated rings. The maximum Gasteiger partial charge on any atom is 0.314 e. The molecule has 0 heterocycles. The molecule has 0 radical (unpaired) electrons. The SMILES string of the molecule is COc1c(C)ccc(C(C)C)c1[N+](=O)[O-]. The van der Waals surface area contributed by atoms with Gasteiger partial charge in [0.05, 0.1) is 12.0 Å². The van der Waals surface area contributed by atoms with Crippen LogP contribution in [-0.2, 0) is 0 Å². The fourth-order valence-electron chi connectivity index (χ4n) is 1.60. The monoisotopic (exact) mass is 209 g/mol. The van der Waals surface area contributed by atoms with Gasteiger partial charge in [-0.1, -0.05) is 26.0 Å². The van der Waals surface area contributed by atoms with E-state index in [0.717, 1.165) is 5.56 Å². The summed E-state index contributed by atoms with van der Waals surface area (Å²) in [5.41, 5.74) is 1.59. The molecule has 82 valence electrons. The van der Waals surface area contributed by atoms with E-state index in [2.05, 4.69) is 0 Å². The Balaban J connectivity index is 3.49. The second kappa shape index (κ2) is 4.29. The number of ether oxygens (including phenoxy) is 1. The number of aryl methyl sites for hydroxylation is 1. The van der Waals surface area contributed by atoms with Crippen molar-refractivity contribution in [3.63, 3.8) is 0 Å². The Morgan fingerprint density at radius 2 is 2.00 bits per heavy atom. The third-order valence-corrected chi connectivity index (χ3v) is 2.37. The number of methoxy groups -OCH3 is 1. The number of rotatable bonds is 3. The Bertz CT molecular complexity index is 386. The van der Waals surface area contributed by atoms with E-state index in [-0.39, 0.29) is 16.5 Å². The normalized spacial score (nSPS) is 10.5.